The first kappa shape index (κ1) is 14.1. The van der Waals surface area contributed by atoms with Crippen LogP contribution >= 0.6 is 0 Å². The number of nitrogens with zero attached hydrogens (tertiary/aromatic N) is 4. The van der Waals surface area contributed by atoms with E-state index in [0.717, 1.165) is 25.2 Å². The number of likely N-dealkylation sites (N-methyl/N-ethyl adjacent to an activating group) is 1. The molecular weight excluding hydrogens is 216 g/mol. The van der Waals surface area contributed by atoms with Gasteiger partial charge < -0.3 is 5.11 Å². The molecule has 5 heteroatoms. The SMILES string of the molecule is CCN(CC)C(C)(CC)C(O)c1cnnn1C. The fourth-order valence-electron chi connectivity index (χ4n) is 2.40. The highest BCUT2D eigenvalue weighted by molar-refractivity contribution is 5.08. The predicted octanol–water partition coefficient (Wildman–Crippen LogP) is 1.36. The third kappa shape index (κ3) is 2.50. The van der Waals surface area contributed by atoms with Crippen molar-refractivity contribution in [3.05, 3.63) is 11.9 Å². The summed E-state index contributed by atoms with van der Waals surface area (Å²) >= 11 is 0. The molecule has 5 nitrogen and oxygen atoms in total. The summed E-state index contributed by atoms with van der Waals surface area (Å²) < 4.78 is 1.64. The third-order valence-electron chi connectivity index (χ3n) is 3.82. The van der Waals surface area contributed by atoms with Gasteiger partial charge in [-0.1, -0.05) is 26.0 Å². The van der Waals surface area contributed by atoms with Gasteiger partial charge in [0.1, 0.15) is 6.10 Å². The van der Waals surface area contributed by atoms with Gasteiger partial charge in [-0.05, 0) is 26.4 Å². The largest absolute Gasteiger partial charge is 0.385 e. The Morgan fingerprint density at radius 3 is 2.35 bits per heavy atom. The van der Waals surface area contributed by atoms with Crippen LogP contribution in [-0.2, 0) is 7.05 Å². The zero-order chi connectivity index (χ0) is 13.1. The topological polar surface area (TPSA) is 54.2 Å². The fraction of sp³-hybridized carbons (Fsp3) is 0.833. The van der Waals surface area contributed by atoms with Crippen molar-refractivity contribution >= 4 is 0 Å². The van der Waals surface area contributed by atoms with Crippen LogP contribution in [0.4, 0.5) is 0 Å². The van der Waals surface area contributed by atoms with E-state index in [0.29, 0.717) is 0 Å². The molecule has 1 rings (SSSR count). The number of aliphatic hydroxyl groups is 1. The molecule has 0 aromatic carbocycles. The first-order valence-electron chi connectivity index (χ1n) is 6.28. The van der Waals surface area contributed by atoms with Gasteiger partial charge in [-0.2, -0.15) is 0 Å². The molecular formula is C12H24N4O. The second kappa shape index (κ2) is 5.60. The highest BCUT2D eigenvalue weighted by Crippen LogP contribution is 2.33. The maximum Gasteiger partial charge on any atom is 0.115 e. The average molecular weight is 240 g/mol. The van der Waals surface area contributed by atoms with Gasteiger partial charge in [-0.15, -0.1) is 5.10 Å². The maximum absolute atomic E-state index is 10.6. The van der Waals surface area contributed by atoms with Crippen LogP contribution in [0.2, 0.25) is 0 Å². The molecule has 0 fully saturated rings. The van der Waals surface area contributed by atoms with Crippen molar-refractivity contribution in [3.63, 3.8) is 0 Å². The van der Waals surface area contributed by atoms with E-state index in [9.17, 15) is 5.11 Å². The van der Waals surface area contributed by atoms with Gasteiger partial charge in [0.25, 0.3) is 0 Å². The minimum absolute atomic E-state index is 0.279. The van der Waals surface area contributed by atoms with Gasteiger partial charge in [-0.3, -0.25) is 4.90 Å². The summed E-state index contributed by atoms with van der Waals surface area (Å²) in [6, 6.07) is 0. The lowest BCUT2D eigenvalue weighted by Gasteiger charge is -2.43. The lowest BCUT2D eigenvalue weighted by Crippen LogP contribution is -2.50. The van der Waals surface area contributed by atoms with Gasteiger partial charge in [0.15, 0.2) is 0 Å². The van der Waals surface area contributed by atoms with Crippen LogP contribution in [0.15, 0.2) is 6.20 Å². The van der Waals surface area contributed by atoms with Crippen LogP contribution < -0.4 is 0 Å². The maximum atomic E-state index is 10.6. The molecule has 0 spiro atoms. The van der Waals surface area contributed by atoms with Crippen LogP contribution in [0.3, 0.4) is 0 Å². The van der Waals surface area contributed by atoms with Gasteiger partial charge in [0.2, 0.25) is 0 Å². The number of rotatable bonds is 6. The summed E-state index contributed by atoms with van der Waals surface area (Å²) in [7, 11) is 1.81. The van der Waals surface area contributed by atoms with E-state index in [1.165, 1.54) is 0 Å². The summed E-state index contributed by atoms with van der Waals surface area (Å²) in [6.07, 6.45) is 1.94. The minimum atomic E-state index is -0.576. The first-order chi connectivity index (χ1) is 8.01. The smallest absolute Gasteiger partial charge is 0.115 e. The molecule has 1 aromatic heterocycles. The molecule has 2 unspecified atom stereocenters. The molecule has 17 heavy (non-hydrogen) atoms. The van der Waals surface area contributed by atoms with E-state index in [2.05, 4.69) is 42.9 Å². The van der Waals surface area contributed by atoms with Crippen LogP contribution in [0, 0.1) is 0 Å². The molecule has 98 valence electrons. The molecule has 1 aromatic rings. The van der Waals surface area contributed by atoms with E-state index in [1.54, 1.807) is 10.9 Å². The molecule has 1 N–H and O–H groups in total. The van der Waals surface area contributed by atoms with Crippen LogP contribution in [0.25, 0.3) is 0 Å². The second-order valence-corrected chi connectivity index (χ2v) is 4.57. The lowest BCUT2D eigenvalue weighted by molar-refractivity contribution is -0.0254. The highest BCUT2D eigenvalue weighted by Gasteiger charge is 2.38. The molecule has 0 radical (unpaired) electrons. The molecule has 0 amide bonds. The second-order valence-electron chi connectivity index (χ2n) is 4.57. The lowest BCUT2D eigenvalue weighted by atomic mass is 9.87. The predicted molar refractivity (Wildman–Crippen MR) is 67.6 cm³/mol. The van der Waals surface area contributed by atoms with E-state index in [4.69, 9.17) is 0 Å². The Kier molecular flexibility index (Phi) is 4.65. The number of aryl methyl sites for hydroxylation is 1. The molecule has 1 heterocycles. The number of aliphatic hydroxyl groups excluding tert-OH is 1. The fourth-order valence-corrected chi connectivity index (χ4v) is 2.40. The normalized spacial score (nSPS) is 17.1. The Hall–Kier alpha value is -0.940. The van der Waals surface area contributed by atoms with E-state index in [-0.39, 0.29) is 5.54 Å². The standard InChI is InChI=1S/C12H24N4O/c1-6-12(4,16(7-2)8-3)11(17)10-9-13-14-15(10)5/h9,11,17H,6-8H2,1-5H3. The van der Waals surface area contributed by atoms with Crippen molar-refractivity contribution in [2.24, 2.45) is 7.05 Å². The summed E-state index contributed by atoms with van der Waals surface area (Å²) in [5, 5.41) is 18.3. The van der Waals surface area contributed by atoms with E-state index >= 15 is 0 Å². The Balaban J connectivity index is 3.04. The monoisotopic (exact) mass is 240 g/mol. The average Bonchev–Trinajstić information content (AvgIpc) is 2.75. The Morgan fingerprint density at radius 1 is 1.41 bits per heavy atom. The van der Waals surface area contributed by atoms with Crippen molar-refractivity contribution in [2.45, 2.75) is 45.8 Å². The van der Waals surface area contributed by atoms with Crippen molar-refractivity contribution in [1.82, 2.24) is 19.9 Å². The van der Waals surface area contributed by atoms with Gasteiger partial charge in [0.05, 0.1) is 11.9 Å². The Labute approximate surface area is 103 Å². The van der Waals surface area contributed by atoms with Crippen LogP contribution in [-0.4, -0.2) is 43.6 Å². The quantitative estimate of drug-likeness (QED) is 0.815. The number of hydrogen-bond acceptors (Lipinski definition) is 4. The number of hydrogen-bond donors (Lipinski definition) is 1. The van der Waals surface area contributed by atoms with Gasteiger partial charge in [-0.25, -0.2) is 4.68 Å². The summed E-state index contributed by atoms with van der Waals surface area (Å²) in [6.45, 7) is 10.3. The van der Waals surface area contributed by atoms with Crippen LogP contribution in [0.1, 0.15) is 45.9 Å². The van der Waals surface area contributed by atoms with Crippen molar-refractivity contribution < 1.29 is 5.11 Å². The molecule has 0 aliphatic rings. The van der Waals surface area contributed by atoms with Crippen LogP contribution in [0.5, 0.6) is 0 Å². The molecule has 2 atom stereocenters. The summed E-state index contributed by atoms with van der Waals surface area (Å²) in [4.78, 5) is 2.28. The summed E-state index contributed by atoms with van der Waals surface area (Å²) in [5.74, 6) is 0. The highest BCUT2D eigenvalue weighted by atomic mass is 16.3. The Morgan fingerprint density at radius 2 is 2.00 bits per heavy atom. The zero-order valence-corrected chi connectivity index (χ0v) is 11.5. The van der Waals surface area contributed by atoms with E-state index in [1.807, 2.05) is 7.05 Å². The number of aromatic nitrogens is 3. The van der Waals surface area contributed by atoms with Crippen molar-refractivity contribution in [2.75, 3.05) is 13.1 Å². The van der Waals surface area contributed by atoms with Gasteiger partial charge in [0, 0.05) is 12.6 Å². The first-order valence-corrected chi connectivity index (χ1v) is 6.28. The third-order valence-corrected chi connectivity index (χ3v) is 3.82. The Bertz CT molecular complexity index is 348. The zero-order valence-electron chi connectivity index (χ0n) is 11.5. The molecule has 0 saturated heterocycles. The molecule has 0 aliphatic carbocycles. The molecule has 0 saturated carbocycles. The minimum Gasteiger partial charge on any atom is -0.385 e. The van der Waals surface area contributed by atoms with Gasteiger partial charge >= 0.3 is 0 Å². The van der Waals surface area contributed by atoms with Crippen molar-refractivity contribution in [3.8, 4) is 0 Å². The molecule has 0 bridgehead atoms. The summed E-state index contributed by atoms with van der Waals surface area (Å²) in [5.41, 5.74) is 0.486. The van der Waals surface area contributed by atoms with Crippen molar-refractivity contribution in [1.29, 1.82) is 0 Å². The molecule has 0 aliphatic heterocycles. The van der Waals surface area contributed by atoms with E-state index < -0.39 is 6.10 Å².